The highest BCUT2D eigenvalue weighted by molar-refractivity contribution is 7.79. The van der Waals surface area contributed by atoms with Gasteiger partial charge in [-0.05, 0) is 23.6 Å². The van der Waals surface area contributed by atoms with Crippen molar-refractivity contribution in [3.8, 4) is 0 Å². The molecule has 1 fully saturated rings. The Kier molecular flexibility index (Phi) is 5.76. The van der Waals surface area contributed by atoms with E-state index in [0.29, 0.717) is 0 Å². The van der Waals surface area contributed by atoms with E-state index in [1.165, 1.54) is 22.3 Å². The zero-order valence-corrected chi connectivity index (χ0v) is 14.8. The van der Waals surface area contributed by atoms with Crippen LogP contribution in [-0.2, 0) is 18.8 Å². The van der Waals surface area contributed by atoms with Gasteiger partial charge in [0.15, 0.2) is 0 Å². The Bertz CT molecular complexity index is 599. The first kappa shape index (κ1) is 16.6. The van der Waals surface area contributed by atoms with Gasteiger partial charge < -0.3 is 0 Å². The third-order valence-electron chi connectivity index (χ3n) is 4.60. The minimum atomic E-state index is 0.817. The molecule has 2 aromatic carbocycles. The van der Waals surface area contributed by atoms with E-state index in [9.17, 15) is 0 Å². The molecular weight excluding hydrogens is 300 g/mol. The van der Waals surface area contributed by atoms with Crippen molar-refractivity contribution in [3.63, 3.8) is 0 Å². The molecule has 1 aliphatic rings. The summed E-state index contributed by atoms with van der Waals surface area (Å²) in [5.74, 6) is 0.817. The highest BCUT2D eigenvalue weighted by Crippen LogP contribution is 2.13. The van der Waals surface area contributed by atoms with Gasteiger partial charge in [-0.2, -0.15) is 12.6 Å². The molecule has 0 radical (unpaired) electrons. The molecule has 2 nitrogen and oxygen atoms in total. The van der Waals surface area contributed by atoms with Crippen LogP contribution in [0, 0.1) is 6.92 Å². The summed E-state index contributed by atoms with van der Waals surface area (Å²) in [5, 5.41) is 0. The van der Waals surface area contributed by atoms with Crippen molar-refractivity contribution in [3.05, 3.63) is 70.8 Å². The van der Waals surface area contributed by atoms with Gasteiger partial charge >= 0.3 is 0 Å². The van der Waals surface area contributed by atoms with Crippen molar-refractivity contribution < 1.29 is 0 Å². The zero-order valence-electron chi connectivity index (χ0n) is 13.9. The van der Waals surface area contributed by atoms with Crippen LogP contribution in [0.2, 0.25) is 0 Å². The number of hydrogen-bond acceptors (Lipinski definition) is 3. The number of nitrogens with zero attached hydrogens (tertiary/aromatic N) is 2. The van der Waals surface area contributed by atoms with E-state index in [1.54, 1.807) is 0 Å². The number of thiol groups is 1. The molecule has 3 rings (SSSR count). The zero-order chi connectivity index (χ0) is 16.1. The molecule has 0 N–H and O–H groups in total. The van der Waals surface area contributed by atoms with Crippen LogP contribution < -0.4 is 0 Å². The molecule has 2 aromatic rings. The van der Waals surface area contributed by atoms with Crippen molar-refractivity contribution in [2.75, 3.05) is 26.2 Å². The maximum atomic E-state index is 4.32. The average Bonchev–Trinajstić information content (AvgIpc) is 2.59. The van der Waals surface area contributed by atoms with Crippen LogP contribution >= 0.6 is 12.6 Å². The van der Waals surface area contributed by atoms with Gasteiger partial charge in [0, 0.05) is 45.0 Å². The third-order valence-corrected chi connectivity index (χ3v) is 4.97. The molecule has 0 saturated carbocycles. The summed E-state index contributed by atoms with van der Waals surface area (Å²) in [4.78, 5) is 5.12. The number of benzene rings is 2. The lowest BCUT2D eigenvalue weighted by molar-refractivity contribution is 0.122. The van der Waals surface area contributed by atoms with Crippen LogP contribution in [-0.4, -0.2) is 36.0 Å². The fraction of sp³-hybridized carbons (Fsp3) is 0.400. The molecule has 1 heterocycles. The summed E-state index contributed by atoms with van der Waals surface area (Å²) in [6.45, 7) is 8.90. The van der Waals surface area contributed by atoms with Crippen molar-refractivity contribution in [2.24, 2.45) is 0 Å². The number of aryl methyl sites for hydroxylation is 1. The van der Waals surface area contributed by atoms with Crippen LogP contribution in [0.3, 0.4) is 0 Å². The lowest BCUT2D eigenvalue weighted by Crippen LogP contribution is -2.45. The van der Waals surface area contributed by atoms with Gasteiger partial charge in [-0.1, -0.05) is 54.1 Å². The second kappa shape index (κ2) is 8.00. The topological polar surface area (TPSA) is 6.48 Å². The highest BCUT2D eigenvalue weighted by atomic mass is 32.1. The second-order valence-corrected chi connectivity index (χ2v) is 6.83. The maximum absolute atomic E-state index is 4.32. The summed E-state index contributed by atoms with van der Waals surface area (Å²) in [6, 6.07) is 17.8. The Morgan fingerprint density at radius 2 is 1.09 bits per heavy atom. The largest absolute Gasteiger partial charge is 0.297 e. The Morgan fingerprint density at radius 3 is 1.52 bits per heavy atom. The Labute approximate surface area is 145 Å². The van der Waals surface area contributed by atoms with Crippen molar-refractivity contribution in [2.45, 2.75) is 25.8 Å². The molecule has 0 amide bonds. The van der Waals surface area contributed by atoms with E-state index >= 15 is 0 Å². The quantitative estimate of drug-likeness (QED) is 0.836. The molecule has 0 bridgehead atoms. The summed E-state index contributed by atoms with van der Waals surface area (Å²) in [5.41, 5.74) is 5.46. The van der Waals surface area contributed by atoms with Crippen LogP contribution in [0.4, 0.5) is 0 Å². The fourth-order valence-electron chi connectivity index (χ4n) is 3.07. The fourth-order valence-corrected chi connectivity index (χ4v) is 3.28. The van der Waals surface area contributed by atoms with Gasteiger partial charge in [-0.3, -0.25) is 9.80 Å². The van der Waals surface area contributed by atoms with Crippen molar-refractivity contribution in [1.82, 2.24) is 9.80 Å². The van der Waals surface area contributed by atoms with Gasteiger partial charge in [-0.25, -0.2) is 0 Å². The molecule has 0 atom stereocenters. The monoisotopic (exact) mass is 326 g/mol. The van der Waals surface area contributed by atoms with Gasteiger partial charge in [0.2, 0.25) is 0 Å². The van der Waals surface area contributed by atoms with Gasteiger partial charge in [-0.15, -0.1) is 0 Å². The number of hydrogen-bond donors (Lipinski definition) is 1. The molecule has 3 heteroatoms. The summed E-state index contributed by atoms with van der Waals surface area (Å²) in [6.07, 6.45) is 0. The molecule has 122 valence electrons. The number of piperazine rings is 1. The third kappa shape index (κ3) is 4.84. The lowest BCUT2D eigenvalue weighted by Gasteiger charge is -2.34. The van der Waals surface area contributed by atoms with Gasteiger partial charge in [0.1, 0.15) is 0 Å². The minimum absolute atomic E-state index is 0.817. The van der Waals surface area contributed by atoms with E-state index in [4.69, 9.17) is 0 Å². The van der Waals surface area contributed by atoms with Crippen molar-refractivity contribution >= 4 is 12.6 Å². The first-order valence-corrected chi connectivity index (χ1v) is 9.05. The van der Waals surface area contributed by atoms with Crippen LogP contribution in [0.15, 0.2) is 48.5 Å². The SMILES string of the molecule is Cc1ccc(CN2CCN(Cc3ccc(CS)cc3)CC2)cc1. The Balaban J connectivity index is 1.47. The molecule has 1 saturated heterocycles. The molecule has 0 spiro atoms. The van der Waals surface area contributed by atoms with Crippen molar-refractivity contribution in [1.29, 1.82) is 0 Å². The van der Waals surface area contributed by atoms with E-state index in [-0.39, 0.29) is 0 Å². The van der Waals surface area contributed by atoms with Gasteiger partial charge in [0.05, 0.1) is 0 Å². The minimum Gasteiger partial charge on any atom is -0.297 e. The van der Waals surface area contributed by atoms with Crippen LogP contribution in [0.5, 0.6) is 0 Å². The molecule has 0 aromatic heterocycles. The normalized spacial score (nSPS) is 16.6. The molecule has 1 aliphatic heterocycles. The Morgan fingerprint density at radius 1 is 0.696 bits per heavy atom. The average molecular weight is 327 g/mol. The van der Waals surface area contributed by atoms with E-state index in [0.717, 1.165) is 45.0 Å². The summed E-state index contributed by atoms with van der Waals surface area (Å²) < 4.78 is 0. The first-order chi connectivity index (χ1) is 11.2. The summed E-state index contributed by atoms with van der Waals surface area (Å²) in [7, 11) is 0. The van der Waals surface area contributed by atoms with E-state index in [1.807, 2.05) is 0 Å². The predicted molar refractivity (Wildman–Crippen MR) is 101 cm³/mol. The standard InChI is InChI=1S/C20H26N2S/c1-17-2-4-18(5-3-17)14-21-10-12-22(13-11-21)15-19-6-8-20(16-23)9-7-19/h2-9,23H,10-16H2,1H3. The lowest BCUT2D eigenvalue weighted by atomic mass is 10.1. The van der Waals surface area contributed by atoms with E-state index < -0.39 is 0 Å². The van der Waals surface area contributed by atoms with Crippen LogP contribution in [0.1, 0.15) is 22.3 Å². The molecule has 0 aliphatic carbocycles. The number of rotatable bonds is 5. The predicted octanol–water partition coefficient (Wildman–Crippen LogP) is 3.74. The molecule has 0 unspecified atom stereocenters. The molecular formula is C20H26N2S. The smallest absolute Gasteiger partial charge is 0.0234 e. The van der Waals surface area contributed by atoms with E-state index in [2.05, 4.69) is 77.9 Å². The summed E-state index contributed by atoms with van der Waals surface area (Å²) >= 11 is 4.32. The highest BCUT2D eigenvalue weighted by Gasteiger charge is 2.17. The second-order valence-electron chi connectivity index (χ2n) is 6.51. The first-order valence-electron chi connectivity index (χ1n) is 8.42. The maximum Gasteiger partial charge on any atom is 0.0234 e. The Hall–Kier alpha value is -1.29. The molecule has 23 heavy (non-hydrogen) atoms. The van der Waals surface area contributed by atoms with Crippen LogP contribution in [0.25, 0.3) is 0 Å². The van der Waals surface area contributed by atoms with Gasteiger partial charge in [0.25, 0.3) is 0 Å².